The third-order valence-electron chi connectivity index (χ3n) is 6.11. The van der Waals surface area contributed by atoms with E-state index in [4.69, 9.17) is 0 Å². The van der Waals surface area contributed by atoms with Gasteiger partial charge in [0.2, 0.25) is 5.91 Å². The van der Waals surface area contributed by atoms with Crippen LogP contribution in [0.25, 0.3) is 0 Å². The van der Waals surface area contributed by atoms with Gasteiger partial charge < -0.3 is 15.1 Å². The molecule has 0 saturated carbocycles. The third-order valence-corrected chi connectivity index (χ3v) is 6.11. The van der Waals surface area contributed by atoms with Crippen molar-refractivity contribution < 1.29 is 18.0 Å². The van der Waals surface area contributed by atoms with E-state index in [0.717, 1.165) is 25.3 Å². The minimum atomic E-state index is -4.49. The number of aromatic nitrogens is 1. The van der Waals surface area contributed by atoms with Gasteiger partial charge in [0.15, 0.2) is 6.19 Å². The van der Waals surface area contributed by atoms with Crippen molar-refractivity contribution in [3.63, 3.8) is 0 Å². The zero-order chi connectivity index (χ0) is 20.1. The lowest BCUT2D eigenvalue weighted by Crippen LogP contribution is -2.46. The molecule has 3 aliphatic heterocycles. The number of carbonyl (C=O) groups excluding carboxylic acids is 1. The van der Waals surface area contributed by atoms with E-state index in [9.17, 15) is 23.2 Å². The molecule has 3 fully saturated rings. The average Bonchev–Trinajstić information content (AvgIpc) is 3.34. The smallest absolute Gasteiger partial charge is 0.356 e. The molecule has 2 bridgehead atoms. The fourth-order valence-corrected chi connectivity index (χ4v) is 4.74. The van der Waals surface area contributed by atoms with Crippen LogP contribution in [0.4, 0.5) is 19.0 Å². The molecule has 1 aromatic rings. The van der Waals surface area contributed by atoms with Crippen LogP contribution >= 0.6 is 0 Å². The number of amides is 1. The highest BCUT2D eigenvalue weighted by Gasteiger charge is 2.47. The van der Waals surface area contributed by atoms with Crippen molar-refractivity contribution in [3.05, 3.63) is 23.4 Å². The molecule has 3 aliphatic rings. The zero-order valence-corrected chi connectivity index (χ0v) is 15.5. The lowest BCUT2D eigenvalue weighted by Gasteiger charge is -2.24. The lowest BCUT2D eigenvalue weighted by atomic mass is 9.95. The Morgan fingerprint density at radius 3 is 2.79 bits per heavy atom. The Morgan fingerprint density at radius 1 is 1.32 bits per heavy atom. The van der Waals surface area contributed by atoms with Gasteiger partial charge in [0.1, 0.15) is 11.5 Å². The quantitative estimate of drug-likeness (QED) is 0.799. The van der Waals surface area contributed by atoms with Crippen LogP contribution in [0.1, 0.15) is 36.9 Å². The van der Waals surface area contributed by atoms with Crippen molar-refractivity contribution in [1.29, 1.82) is 5.26 Å². The van der Waals surface area contributed by atoms with Crippen LogP contribution in [0.3, 0.4) is 0 Å². The van der Waals surface area contributed by atoms with Crippen LogP contribution in [0.5, 0.6) is 0 Å². The number of hydrogen-bond acceptors (Lipinski definition) is 5. The maximum Gasteiger partial charge on any atom is 0.433 e. The minimum Gasteiger partial charge on any atom is -0.356 e. The van der Waals surface area contributed by atoms with Gasteiger partial charge >= 0.3 is 6.18 Å². The summed E-state index contributed by atoms with van der Waals surface area (Å²) in [7, 11) is 0. The summed E-state index contributed by atoms with van der Waals surface area (Å²) in [6.45, 7) is 2.45. The van der Waals surface area contributed by atoms with Crippen LogP contribution in [0.2, 0.25) is 0 Å². The molecule has 150 valence electrons. The molecule has 1 aromatic heterocycles. The molecule has 4 heterocycles. The van der Waals surface area contributed by atoms with E-state index in [0.29, 0.717) is 25.1 Å². The van der Waals surface area contributed by atoms with Crippen molar-refractivity contribution in [2.24, 2.45) is 5.92 Å². The number of nitrogens with zero attached hydrogens (tertiary/aromatic N) is 4. The lowest BCUT2D eigenvalue weighted by molar-refractivity contribution is -0.141. The van der Waals surface area contributed by atoms with Gasteiger partial charge in [-0.2, -0.15) is 18.4 Å². The maximum atomic E-state index is 13.0. The van der Waals surface area contributed by atoms with Crippen LogP contribution in [-0.2, 0) is 11.0 Å². The standard InChI is InChI=1S/C19H22F3N5O/c1-11-6-16(19(20,21)22)25-17(7-11)26-5-4-12(9-26)18(28)24-14-8-13-2-3-15(14)27(13)10-23/h6-7,12-15H,2-5,8-9H2,1H3,(H,24,28)/t12-,13-,14+,15+/m0/s1. The molecular formula is C19H22F3N5O. The fraction of sp³-hybridized carbons (Fsp3) is 0.632. The summed E-state index contributed by atoms with van der Waals surface area (Å²) in [6.07, 6.45) is 0.989. The van der Waals surface area contributed by atoms with Gasteiger partial charge in [0.05, 0.1) is 18.0 Å². The SMILES string of the molecule is Cc1cc(N2CC[C@H](C(=O)N[C@@H]3C[C@@H]4CC[C@H]3N4C#N)C2)nc(C(F)(F)F)c1. The molecule has 1 N–H and O–H groups in total. The van der Waals surface area contributed by atoms with Crippen LogP contribution < -0.4 is 10.2 Å². The molecule has 0 unspecified atom stereocenters. The number of fused-ring (bicyclic) bond motifs is 2. The number of rotatable bonds is 3. The van der Waals surface area contributed by atoms with E-state index >= 15 is 0 Å². The van der Waals surface area contributed by atoms with Crippen molar-refractivity contribution >= 4 is 11.7 Å². The molecule has 4 atom stereocenters. The Hall–Kier alpha value is -2.50. The number of pyridine rings is 1. The summed E-state index contributed by atoms with van der Waals surface area (Å²) in [4.78, 5) is 20.0. The number of aryl methyl sites for hydroxylation is 1. The Kier molecular flexibility index (Phi) is 4.60. The van der Waals surface area contributed by atoms with E-state index in [-0.39, 0.29) is 35.8 Å². The first-order valence-corrected chi connectivity index (χ1v) is 9.55. The van der Waals surface area contributed by atoms with Gasteiger partial charge in [-0.05, 0) is 50.3 Å². The highest BCUT2D eigenvalue weighted by molar-refractivity contribution is 5.80. The van der Waals surface area contributed by atoms with Gasteiger partial charge in [0.25, 0.3) is 0 Å². The van der Waals surface area contributed by atoms with E-state index in [1.54, 1.807) is 22.8 Å². The maximum absolute atomic E-state index is 13.0. The Balaban J connectivity index is 1.40. The number of alkyl halides is 3. The number of nitriles is 1. The molecule has 0 radical (unpaired) electrons. The number of carbonyl (C=O) groups is 1. The van der Waals surface area contributed by atoms with E-state index < -0.39 is 11.9 Å². The van der Waals surface area contributed by atoms with E-state index in [2.05, 4.69) is 16.5 Å². The molecule has 9 heteroatoms. The number of anilines is 1. The number of halogens is 3. The Morgan fingerprint density at radius 2 is 2.11 bits per heavy atom. The van der Waals surface area contributed by atoms with Gasteiger partial charge in [-0.3, -0.25) is 4.79 Å². The second-order valence-electron chi connectivity index (χ2n) is 7.97. The minimum absolute atomic E-state index is 0.0196. The molecule has 1 amide bonds. The highest BCUT2D eigenvalue weighted by atomic mass is 19.4. The largest absolute Gasteiger partial charge is 0.433 e. The summed E-state index contributed by atoms with van der Waals surface area (Å²) in [5.41, 5.74) is -0.419. The molecule has 3 saturated heterocycles. The monoisotopic (exact) mass is 393 g/mol. The topological polar surface area (TPSA) is 72.3 Å². The summed E-state index contributed by atoms with van der Waals surface area (Å²) in [6, 6.07) is 2.92. The summed E-state index contributed by atoms with van der Waals surface area (Å²) >= 11 is 0. The molecule has 4 rings (SSSR count). The normalized spacial score (nSPS) is 29.2. The summed E-state index contributed by atoms with van der Waals surface area (Å²) in [5.74, 6) is -0.105. The average molecular weight is 393 g/mol. The predicted octanol–water partition coefficient (Wildman–Crippen LogP) is 2.44. The zero-order valence-electron chi connectivity index (χ0n) is 15.5. The molecular weight excluding hydrogens is 371 g/mol. The van der Waals surface area contributed by atoms with Crippen molar-refractivity contribution in [1.82, 2.24) is 15.2 Å². The van der Waals surface area contributed by atoms with Crippen molar-refractivity contribution in [2.75, 3.05) is 18.0 Å². The van der Waals surface area contributed by atoms with Gasteiger partial charge in [-0.25, -0.2) is 4.98 Å². The van der Waals surface area contributed by atoms with Crippen molar-refractivity contribution in [3.8, 4) is 6.19 Å². The second-order valence-corrected chi connectivity index (χ2v) is 7.97. The first-order valence-electron chi connectivity index (χ1n) is 9.55. The van der Waals surface area contributed by atoms with Gasteiger partial charge in [-0.15, -0.1) is 0 Å². The molecule has 28 heavy (non-hydrogen) atoms. The van der Waals surface area contributed by atoms with E-state index in [1.165, 1.54) is 0 Å². The molecule has 0 aromatic carbocycles. The summed E-state index contributed by atoms with van der Waals surface area (Å²) < 4.78 is 39.1. The van der Waals surface area contributed by atoms with Gasteiger partial charge in [0, 0.05) is 19.1 Å². The number of hydrogen-bond donors (Lipinski definition) is 1. The second kappa shape index (κ2) is 6.83. The van der Waals surface area contributed by atoms with Crippen molar-refractivity contribution in [2.45, 2.75) is 56.9 Å². The summed E-state index contributed by atoms with van der Waals surface area (Å²) in [5, 5.41) is 12.3. The molecule has 0 spiro atoms. The highest BCUT2D eigenvalue weighted by Crippen LogP contribution is 2.37. The third kappa shape index (κ3) is 3.36. The van der Waals surface area contributed by atoms with E-state index in [1.807, 2.05) is 0 Å². The first-order chi connectivity index (χ1) is 13.3. The first kappa shape index (κ1) is 18.8. The number of nitrogens with one attached hydrogen (secondary N) is 1. The van der Waals surface area contributed by atoms with Gasteiger partial charge in [-0.1, -0.05) is 0 Å². The fourth-order valence-electron chi connectivity index (χ4n) is 4.74. The molecule has 6 nitrogen and oxygen atoms in total. The van der Waals surface area contributed by atoms with Crippen LogP contribution in [0.15, 0.2) is 12.1 Å². The Labute approximate surface area is 161 Å². The molecule has 0 aliphatic carbocycles. The Bertz CT molecular complexity index is 821. The van der Waals surface area contributed by atoms with Crippen LogP contribution in [-0.4, -0.2) is 47.0 Å². The predicted molar refractivity (Wildman–Crippen MR) is 95.1 cm³/mol. The van der Waals surface area contributed by atoms with Crippen LogP contribution in [0, 0.1) is 24.3 Å².